The second-order valence-electron chi connectivity index (χ2n) is 4.66. The van der Waals surface area contributed by atoms with Gasteiger partial charge in [-0.3, -0.25) is 0 Å². The van der Waals surface area contributed by atoms with E-state index in [1.54, 1.807) is 0 Å². The average Bonchev–Trinajstić information content (AvgIpc) is 2.50. The Kier molecular flexibility index (Phi) is 6.38. The van der Waals surface area contributed by atoms with E-state index in [2.05, 4.69) is 5.32 Å². The van der Waals surface area contributed by atoms with Gasteiger partial charge in [-0.05, 0) is 36.9 Å². The largest absolute Gasteiger partial charge is 0.493 e. The summed E-state index contributed by atoms with van der Waals surface area (Å²) in [5.74, 6) is 1.60. The van der Waals surface area contributed by atoms with Crippen LogP contribution < -0.4 is 14.8 Å². The fourth-order valence-electron chi connectivity index (χ4n) is 1.92. The van der Waals surface area contributed by atoms with Crippen molar-refractivity contribution in [2.45, 2.75) is 13.0 Å². The molecule has 0 aromatic heterocycles. The van der Waals surface area contributed by atoms with Crippen molar-refractivity contribution < 1.29 is 9.47 Å². The van der Waals surface area contributed by atoms with Crippen molar-refractivity contribution in [2.75, 3.05) is 20.3 Å². The van der Waals surface area contributed by atoms with Crippen molar-refractivity contribution in [1.82, 2.24) is 5.32 Å². The molecule has 0 aliphatic heterocycles. The molecule has 0 fully saturated rings. The van der Waals surface area contributed by atoms with Gasteiger partial charge in [-0.2, -0.15) is 0 Å². The number of hydrogen-bond acceptors (Lipinski definition) is 3. The van der Waals surface area contributed by atoms with Crippen LogP contribution in [-0.4, -0.2) is 20.3 Å². The van der Waals surface area contributed by atoms with Crippen LogP contribution in [0.25, 0.3) is 0 Å². The van der Waals surface area contributed by atoms with E-state index in [0.717, 1.165) is 30.0 Å². The summed E-state index contributed by atoms with van der Waals surface area (Å²) in [7, 11) is 1.91. The number of nitrogens with one attached hydrogen (secondary N) is 1. The minimum atomic E-state index is 0.581. The lowest BCUT2D eigenvalue weighted by Gasteiger charge is -2.10. The van der Waals surface area contributed by atoms with Gasteiger partial charge >= 0.3 is 0 Å². The summed E-state index contributed by atoms with van der Waals surface area (Å²) in [5, 5.41) is 3.74. The van der Waals surface area contributed by atoms with E-state index < -0.39 is 0 Å². The Morgan fingerprint density at radius 2 is 1.76 bits per heavy atom. The van der Waals surface area contributed by atoms with Gasteiger partial charge in [-0.15, -0.1) is 0 Å². The molecule has 0 unspecified atom stereocenters. The predicted molar refractivity (Wildman–Crippen MR) is 86.3 cm³/mol. The van der Waals surface area contributed by atoms with Crippen LogP contribution in [0.3, 0.4) is 0 Å². The van der Waals surface area contributed by atoms with Crippen molar-refractivity contribution in [3.8, 4) is 11.5 Å². The Morgan fingerprint density at radius 1 is 1.00 bits per heavy atom. The molecule has 0 amide bonds. The number of halogens is 1. The zero-order valence-corrected chi connectivity index (χ0v) is 12.9. The van der Waals surface area contributed by atoms with Crippen molar-refractivity contribution in [3.63, 3.8) is 0 Å². The van der Waals surface area contributed by atoms with Gasteiger partial charge in [-0.1, -0.05) is 35.9 Å². The third kappa shape index (κ3) is 5.29. The number of hydrogen-bond donors (Lipinski definition) is 1. The van der Waals surface area contributed by atoms with E-state index in [1.165, 1.54) is 0 Å². The Labute approximate surface area is 130 Å². The van der Waals surface area contributed by atoms with Crippen molar-refractivity contribution in [2.24, 2.45) is 0 Å². The van der Waals surface area contributed by atoms with Gasteiger partial charge in [0.25, 0.3) is 0 Å². The van der Waals surface area contributed by atoms with Crippen LogP contribution in [0.5, 0.6) is 11.5 Å². The number of rotatable bonds is 8. The van der Waals surface area contributed by atoms with Gasteiger partial charge in [-0.25, -0.2) is 0 Å². The summed E-state index contributed by atoms with van der Waals surface area (Å²) in [6.45, 7) is 2.00. The standard InChI is InChI=1S/C17H20ClNO2/c1-19-13-14-8-9-17(16(18)12-14)21-11-5-10-20-15-6-3-2-4-7-15/h2-4,6-9,12,19H,5,10-11,13H2,1H3. The lowest BCUT2D eigenvalue weighted by molar-refractivity contribution is 0.247. The molecule has 0 heterocycles. The first kappa shape index (κ1) is 15.7. The molecular weight excluding hydrogens is 286 g/mol. The summed E-state index contributed by atoms with van der Waals surface area (Å²) in [6.07, 6.45) is 0.809. The topological polar surface area (TPSA) is 30.5 Å². The molecule has 0 saturated heterocycles. The first-order chi connectivity index (χ1) is 10.3. The molecule has 0 spiro atoms. The van der Waals surface area contributed by atoms with Crippen LogP contribution in [0.1, 0.15) is 12.0 Å². The maximum atomic E-state index is 6.19. The molecule has 2 aromatic rings. The fourth-order valence-corrected chi connectivity index (χ4v) is 2.18. The van der Waals surface area contributed by atoms with Crippen molar-refractivity contribution >= 4 is 11.6 Å². The second kappa shape index (κ2) is 8.55. The fraction of sp³-hybridized carbons (Fsp3) is 0.294. The Morgan fingerprint density at radius 3 is 2.48 bits per heavy atom. The van der Waals surface area contributed by atoms with Crippen LogP contribution in [0, 0.1) is 0 Å². The maximum Gasteiger partial charge on any atom is 0.137 e. The smallest absolute Gasteiger partial charge is 0.137 e. The van der Waals surface area contributed by atoms with Gasteiger partial charge < -0.3 is 14.8 Å². The Bertz CT molecular complexity index is 546. The minimum absolute atomic E-state index is 0.581. The van der Waals surface area contributed by atoms with Crippen molar-refractivity contribution in [3.05, 3.63) is 59.1 Å². The van der Waals surface area contributed by atoms with Crippen LogP contribution in [-0.2, 0) is 6.54 Å². The summed E-state index contributed by atoms with van der Waals surface area (Å²) in [5.41, 5.74) is 1.14. The monoisotopic (exact) mass is 305 g/mol. The van der Waals surface area contributed by atoms with Crippen molar-refractivity contribution in [1.29, 1.82) is 0 Å². The molecule has 0 radical (unpaired) electrons. The third-order valence-corrected chi connectivity index (χ3v) is 3.23. The predicted octanol–water partition coefficient (Wildman–Crippen LogP) is 3.91. The third-order valence-electron chi connectivity index (χ3n) is 2.94. The summed E-state index contributed by atoms with van der Waals surface area (Å²) in [6, 6.07) is 15.6. The number of ether oxygens (including phenoxy) is 2. The van der Waals surface area contributed by atoms with Crippen LogP contribution in [0.2, 0.25) is 5.02 Å². The highest BCUT2D eigenvalue weighted by Crippen LogP contribution is 2.25. The van der Waals surface area contributed by atoms with E-state index >= 15 is 0 Å². The molecule has 2 rings (SSSR count). The first-order valence-corrected chi connectivity index (χ1v) is 7.41. The zero-order chi connectivity index (χ0) is 14.9. The van der Waals surface area contributed by atoms with E-state index in [4.69, 9.17) is 21.1 Å². The van der Waals surface area contributed by atoms with Gasteiger partial charge in [0.2, 0.25) is 0 Å². The van der Waals surface area contributed by atoms with Gasteiger partial charge in [0.15, 0.2) is 0 Å². The Hall–Kier alpha value is -1.71. The van der Waals surface area contributed by atoms with Gasteiger partial charge in [0, 0.05) is 13.0 Å². The molecule has 112 valence electrons. The summed E-state index contributed by atoms with van der Waals surface area (Å²) in [4.78, 5) is 0. The quantitative estimate of drug-likeness (QED) is 0.750. The molecule has 0 saturated carbocycles. The molecular formula is C17H20ClNO2. The molecule has 2 aromatic carbocycles. The molecule has 0 aliphatic rings. The lowest BCUT2D eigenvalue weighted by Crippen LogP contribution is -2.06. The van der Waals surface area contributed by atoms with Crippen LogP contribution in [0.4, 0.5) is 0 Å². The van der Waals surface area contributed by atoms with Gasteiger partial charge in [0.05, 0.1) is 18.2 Å². The number of para-hydroxylation sites is 1. The second-order valence-corrected chi connectivity index (χ2v) is 5.07. The molecule has 3 nitrogen and oxygen atoms in total. The van der Waals surface area contributed by atoms with E-state index in [0.29, 0.717) is 18.2 Å². The van der Waals surface area contributed by atoms with Gasteiger partial charge in [0.1, 0.15) is 11.5 Å². The van der Waals surface area contributed by atoms with Crippen LogP contribution in [0.15, 0.2) is 48.5 Å². The van der Waals surface area contributed by atoms with E-state index in [1.807, 2.05) is 55.6 Å². The molecule has 0 atom stereocenters. The first-order valence-electron chi connectivity index (χ1n) is 7.03. The number of benzene rings is 2. The Balaban J connectivity index is 1.71. The molecule has 21 heavy (non-hydrogen) atoms. The highest BCUT2D eigenvalue weighted by atomic mass is 35.5. The average molecular weight is 306 g/mol. The molecule has 0 aliphatic carbocycles. The minimum Gasteiger partial charge on any atom is -0.493 e. The summed E-state index contributed by atoms with van der Waals surface area (Å²) >= 11 is 6.19. The molecule has 4 heteroatoms. The van der Waals surface area contributed by atoms with Crippen LogP contribution >= 0.6 is 11.6 Å². The molecule has 0 bridgehead atoms. The zero-order valence-electron chi connectivity index (χ0n) is 12.1. The SMILES string of the molecule is CNCc1ccc(OCCCOc2ccccc2)c(Cl)c1. The highest BCUT2D eigenvalue weighted by molar-refractivity contribution is 6.32. The van der Waals surface area contributed by atoms with E-state index in [-0.39, 0.29) is 0 Å². The molecule has 1 N–H and O–H groups in total. The highest BCUT2D eigenvalue weighted by Gasteiger charge is 2.03. The van der Waals surface area contributed by atoms with E-state index in [9.17, 15) is 0 Å². The normalized spacial score (nSPS) is 10.4. The lowest BCUT2D eigenvalue weighted by atomic mass is 10.2. The maximum absolute atomic E-state index is 6.19. The summed E-state index contributed by atoms with van der Waals surface area (Å²) < 4.78 is 11.3.